The maximum Gasteiger partial charge on any atom is 0.332 e. The Bertz CT molecular complexity index is 1180. The Morgan fingerprint density at radius 1 is 0.914 bits per heavy atom. The molecule has 0 aromatic heterocycles. The van der Waals surface area contributed by atoms with Crippen LogP contribution in [0, 0.1) is 17.5 Å². The maximum absolute atomic E-state index is 14.6. The van der Waals surface area contributed by atoms with Gasteiger partial charge in [0.25, 0.3) is 0 Å². The average molecular weight is 485 g/mol. The van der Waals surface area contributed by atoms with E-state index in [1.54, 1.807) is 12.1 Å². The molecule has 0 radical (unpaired) electrons. The van der Waals surface area contributed by atoms with Gasteiger partial charge in [-0.1, -0.05) is 24.3 Å². The molecule has 0 heterocycles. The first-order valence-corrected chi connectivity index (χ1v) is 11.4. The van der Waals surface area contributed by atoms with E-state index in [0.29, 0.717) is 11.3 Å². The monoisotopic (exact) mass is 484 g/mol. The Labute approximate surface area is 202 Å². The van der Waals surface area contributed by atoms with Gasteiger partial charge in [-0.3, -0.25) is 0 Å². The van der Waals surface area contributed by atoms with Crippen molar-refractivity contribution >= 4 is 5.97 Å². The van der Waals surface area contributed by atoms with Gasteiger partial charge >= 0.3 is 5.97 Å². The first-order valence-electron chi connectivity index (χ1n) is 11.4. The summed E-state index contributed by atoms with van der Waals surface area (Å²) in [5.74, 6) is -2.12. The second-order valence-electron chi connectivity index (χ2n) is 9.63. The summed E-state index contributed by atoms with van der Waals surface area (Å²) >= 11 is 0. The minimum Gasteiger partial charge on any atom is -0.458 e. The number of hydrogen-bond acceptors (Lipinski definition) is 4. The van der Waals surface area contributed by atoms with Gasteiger partial charge in [-0.2, -0.15) is 0 Å². The molecule has 1 fully saturated rings. The van der Waals surface area contributed by atoms with Crippen molar-refractivity contribution in [2.75, 3.05) is 6.61 Å². The molecule has 7 heteroatoms. The third-order valence-corrected chi connectivity index (χ3v) is 5.70. The van der Waals surface area contributed by atoms with Gasteiger partial charge < -0.3 is 14.2 Å². The first-order chi connectivity index (χ1) is 16.6. The fourth-order valence-electron chi connectivity index (χ4n) is 3.94. The summed E-state index contributed by atoms with van der Waals surface area (Å²) in [5, 5.41) is 0. The highest BCUT2D eigenvalue weighted by Gasteiger charge is 2.32. The second-order valence-corrected chi connectivity index (χ2v) is 9.63. The number of rotatable bonds is 7. The summed E-state index contributed by atoms with van der Waals surface area (Å²) in [4.78, 5) is 11.8. The van der Waals surface area contributed by atoms with Crippen molar-refractivity contribution in [3.63, 3.8) is 0 Å². The standard InChI is InChI=1S/C28H27F3O4/c1-28(2,3)35-26(32)16-33-22-12-19(13-22)17-4-6-18(7-5-17)24-14-23(15-25(30)27(24)31)34-21-10-8-20(29)9-11-21/h4-11,14-15,19,22H,12-13,16H2,1-3H3/t19-,22+. The lowest BCUT2D eigenvalue weighted by atomic mass is 9.77. The normalized spacial score (nSPS) is 17.5. The van der Waals surface area contributed by atoms with Gasteiger partial charge in [0.2, 0.25) is 0 Å². The zero-order valence-electron chi connectivity index (χ0n) is 19.8. The van der Waals surface area contributed by atoms with E-state index in [4.69, 9.17) is 14.2 Å². The number of carbonyl (C=O) groups excluding carboxylic acids is 1. The van der Waals surface area contributed by atoms with Crippen LogP contribution >= 0.6 is 0 Å². The minimum atomic E-state index is -1.03. The van der Waals surface area contributed by atoms with Crippen LogP contribution in [0.5, 0.6) is 11.5 Å². The molecule has 0 N–H and O–H groups in total. The molecule has 3 aromatic carbocycles. The van der Waals surface area contributed by atoms with E-state index in [1.165, 1.54) is 30.3 Å². The van der Waals surface area contributed by atoms with Crippen molar-refractivity contribution in [3.8, 4) is 22.6 Å². The van der Waals surface area contributed by atoms with E-state index in [2.05, 4.69) is 0 Å². The molecule has 0 atom stereocenters. The van der Waals surface area contributed by atoms with Crippen LogP contribution in [-0.2, 0) is 14.3 Å². The van der Waals surface area contributed by atoms with Crippen molar-refractivity contribution in [3.05, 3.63) is 83.7 Å². The minimum absolute atomic E-state index is 0.0148. The summed E-state index contributed by atoms with van der Waals surface area (Å²) in [6.45, 7) is 5.35. The van der Waals surface area contributed by atoms with E-state index in [0.717, 1.165) is 24.5 Å². The number of hydrogen-bond donors (Lipinski definition) is 0. The van der Waals surface area contributed by atoms with Crippen molar-refractivity contribution in [1.29, 1.82) is 0 Å². The van der Waals surface area contributed by atoms with Gasteiger partial charge in [0.05, 0.1) is 6.10 Å². The largest absolute Gasteiger partial charge is 0.458 e. The lowest BCUT2D eigenvalue weighted by Crippen LogP contribution is -2.33. The molecule has 0 unspecified atom stereocenters. The number of halogens is 3. The Kier molecular flexibility index (Phi) is 7.17. The maximum atomic E-state index is 14.6. The van der Waals surface area contributed by atoms with Gasteiger partial charge in [0.15, 0.2) is 11.6 Å². The molecule has 0 spiro atoms. The molecule has 0 bridgehead atoms. The third kappa shape index (κ3) is 6.42. The lowest BCUT2D eigenvalue weighted by molar-refractivity contribution is -0.164. The van der Waals surface area contributed by atoms with Gasteiger partial charge in [-0.05, 0) is 81.0 Å². The fourth-order valence-corrected chi connectivity index (χ4v) is 3.94. The number of carbonyl (C=O) groups is 1. The third-order valence-electron chi connectivity index (χ3n) is 5.70. The molecule has 184 valence electrons. The molecule has 0 aliphatic heterocycles. The van der Waals surface area contributed by atoms with Gasteiger partial charge in [0.1, 0.15) is 29.5 Å². The molecule has 1 aliphatic rings. The molecule has 0 amide bonds. The summed E-state index contributed by atoms with van der Waals surface area (Å²) in [6, 6.07) is 14.9. The van der Waals surface area contributed by atoms with E-state index in [9.17, 15) is 18.0 Å². The molecule has 1 saturated carbocycles. The summed E-state index contributed by atoms with van der Waals surface area (Å²) in [5.41, 5.74) is 1.09. The zero-order chi connectivity index (χ0) is 25.2. The van der Waals surface area contributed by atoms with Crippen LogP contribution < -0.4 is 4.74 Å². The van der Waals surface area contributed by atoms with Gasteiger partial charge in [0, 0.05) is 11.6 Å². The quantitative estimate of drug-likeness (QED) is 0.334. The molecule has 3 aromatic rings. The fraction of sp³-hybridized carbons (Fsp3) is 0.321. The summed E-state index contributed by atoms with van der Waals surface area (Å²) in [7, 11) is 0. The van der Waals surface area contributed by atoms with Crippen LogP contribution in [0.1, 0.15) is 45.1 Å². The molecule has 4 rings (SSSR count). The molecule has 4 nitrogen and oxygen atoms in total. The molecule has 0 saturated heterocycles. The van der Waals surface area contributed by atoms with E-state index < -0.39 is 23.1 Å². The van der Waals surface area contributed by atoms with Crippen molar-refractivity contribution in [2.24, 2.45) is 0 Å². The van der Waals surface area contributed by atoms with Crippen molar-refractivity contribution in [1.82, 2.24) is 0 Å². The van der Waals surface area contributed by atoms with Crippen molar-refractivity contribution < 1.29 is 32.2 Å². The highest BCUT2D eigenvalue weighted by Crippen LogP contribution is 2.40. The van der Waals surface area contributed by atoms with Crippen LogP contribution in [0.3, 0.4) is 0 Å². The first kappa shape index (κ1) is 24.8. The topological polar surface area (TPSA) is 44.8 Å². The van der Waals surface area contributed by atoms with Gasteiger partial charge in [-0.15, -0.1) is 0 Å². The number of esters is 1. The number of ether oxygens (including phenoxy) is 3. The van der Waals surface area contributed by atoms with Crippen LogP contribution in [-0.4, -0.2) is 24.3 Å². The average Bonchev–Trinajstić information content (AvgIpc) is 2.76. The summed E-state index contributed by atoms with van der Waals surface area (Å²) in [6.07, 6.45) is 1.53. The van der Waals surface area contributed by atoms with Crippen LogP contribution in [0.4, 0.5) is 13.2 Å². The SMILES string of the molecule is CC(C)(C)OC(=O)CO[C@H]1C[C@@H](c2ccc(-c3cc(Oc4ccc(F)cc4)cc(F)c3F)cc2)C1. The number of benzene rings is 3. The Balaban J connectivity index is 1.38. The van der Waals surface area contributed by atoms with E-state index in [1.807, 2.05) is 32.9 Å². The molecular formula is C28H27F3O4. The van der Waals surface area contributed by atoms with Gasteiger partial charge in [-0.25, -0.2) is 18.0 Å². The van der Waals surface area contributed by atoms with Crippen LogP contribution in [0.25, 0.3) is 11.1 Å². The Morgan fingerprint density at radius 3 is 2.20 bits per heavy atom. The Hall–Kier alpha value is -3.32. The Morgan fingerprint density at radius 2 is 1.57 bits per heavy atom. The van der Waals surface area contributed by atoms with Crippen LogP contribution in [0.2, 0.25) is 0 Å². The van der Waals surface area contributed by atoms with Crippen molar-refractivity contribution in [2.45, 2.75) is 51.2 Å². The molecule has 1 aliphatic carbocycles. The smallest absolute Gasteiger partial charge is 0.332 e. The lowest BCUT2D eigenvalue weighted by Gasteiger charge is -2.35. The highest BCUT2D eigenvalue weighted by atomic mass is 19.2. The van der Waals surface area contributed by atoms with Crippen LogP contribution in [0.15, 0.2) is 60.7 Å². The molecular weight excluding hydrogens is 457 g/mol. The van der Waals surface area contributed by atoms with E-state index in [-0.39, 0.29) is 35.9 Å². The second kappa shape index (κ2) is 10.1. The predicted molar refractivity (Wildman–Crippen MR) is 126 cm³/mol. The summed E-state index contributed by atoms with van der Waals surface area (Å²) < 4.78 is 58.4. The molecule has 35 heavy (non-hydrogen) atoms. The van der Waals surface area contributed by atoms with E-state index >= 15 is 0 Å². The highest BCUT2D eigenvalue weighted by molar-refractivity contribution is 5.71. The zero-order valence-corrected chi connectivity index (χ0v) is 19.8. The predicted octanol–water partition coefficient (Wildman–Crippen LogP) is 7.17.